The van der Waals surface area contributed by atoms with Gasteiger partial charge >= 0.3 is 0 Å². The Morgan fingerprint density at radius 3 is 2.56 bits per heavy atom. The first-order chi connectivity index (χ1) is 8.65. The Balaban J connectivity index is 1.86. The van der Waals surface area contributed by atoms with Crippen LogP contribution in [0.3, 0.4) is 0 Å². The number of nitrogens with zero attached hydrogens (tertiary/aromatic N) is 2. The van der Waals surface area contributed by atoms with Crippen molar-refractivity contribution in [2.45, 2.75) is 58.3 Å². The number of hydrogen-bond donors (Lipinski definition) is 0. The van der Waals surface area contributed by atoms with Crippen molar-refractivity contribution in [2.75, 3.05) is 0 Å². The third kappa shape index (κ3) is 3.69. The predicted molar refractivity (Wildman–Crippen MR) is 72.5 cm³/mol. The molecule has 0 spiro atoms. The molecule has 0 aliphatic heterocycles. The van der Waals surface area contributed by atoms with E-state index in [0.29, 0.717) is 18.1 Å². The van der Waals surface area contributed by atoms with Crippen LogP contribution < -0.4 is 0 Å². The van der Waals surface area contributed by atoms with Crippen LogP contribution >= 0.6 is 0 Å². The van der Waals surface area contributed by atoms with Gasteiger partial charge in [-0.2, -0.15) is 5.10 Å². The summed E-state index contributed by atoms with van der Waals surface area (Å²) in [6.45, 7) is 1.97. The summed E-state index contributed by atoms with van der Waals surface area (Å²) in [7, 11) is 1.92. The van der Waals surface area contributed by atoms with Gasteiger partial charge in [0.15, 0.2) is 0 Å². The first kappa shape index (κ1) is 13.3. The van der Waals surface area contributed by atoms with Gasteiger partial charge in [-0.1, -0.05) is 38.5 Å². The topological polar surface area (TPSA) is 34.9 Å². The van der Waals surface area contributed by atoms with Gasteiger partial charge in [-0.3, -0.25) is 9.48 Å². The molecule has 1 aromatic heterocycles. The fraction of sp³-hybridized carbons (Fsp3) is 0.733. The summed E-state index contributed by atoms with van der Waals surface area (Å²) in [5.74, 6) is 1.01. The summed E-state index contributed by atoms with van der Waals surface area (Å²) >= 11 is 0. The highest BCUT2D eigenvalue weighted by Gasteiger charge is 2.17. The van der Waals surface area contributed by atoms with Gasteiger partial charge in [0.05, 0.1) is 5.69 Å². The fourth-order valence-electron chi connectivity index (χ4n) is 2.99. The van der Waals surface area contributed by atoms with Gasteiger partial charge in [0.2, 0.25) is 0 Å². The van der Waals surface area contributed by atoms with Gasteiger partial charge in [-0.15, -0.1) is 0 Å². The number of carbonyl (C=O) groups excluding carboxylic acids is 1. The van der Waals surface area contributed by atoms with E-state index in [9.17, 15) is 4.79 Å². The Bertz CT molecular complexity index is 401. The normalized spacial score (nSPS) is 17.7. The van der Waals surface area contributed by atoms with Gasteiger partial charge in [-0.25, -0.2) is 0 Å². The second-order valence-corrected chi connectivity index (χ2v) is 5.68. The van der Waals surface area contributed by atoms with Crippen LogP contribution in [0.2, 0.25) is 0 Å². The van der Waals surface area contributed by atoms with Crippen LogP contribution in [0, 0.1) is 12.8 Å². The van der Waals surface area contributed by atoms with E-state index in [4.69, 9.17) is 0 Å². The van der Waals surface area contributed by atoms with E-state index in [1.807, 2.05) is 24.7 Å². The summed E-state index contributed by atoms with van der Waals surface area (Å²) < 4.78 is 1.83. The lowest BCUT2D eigenvalue weighted by Crippen LogP contribution is -2.12. The monoisotopic (exact) mass is 248 g/mol. The molecule has 0 saturated heterocycles. The van der Waals surface area contributed by atoms with Gasteiger partial charge in [0.25, 0.3) is 0 Å². The summed E-state index contributed by atoms with van der Waals surface area (Å²) in [5.41, 5.74) is 2.04. The van der Waals surface area contributed by atoms with Crippen molar-refractivity contribution in [1.29, 1.82) is 0 Å². The van der Waals surface area contributed by atoms with Crippen molar-refractivity contribution in [3.05, 3.63) is 17.5 Å². The van der Waals surface area contributed by atoms with Crippen molar-refractivity contribution >= 4 is 5.78 Å². The second kappa shape index (κ2) is 6.17. The van der Waals surface area contributed by atoms with E-state index < -0.39 is 0 Å². The third-order valence-electron chi connectivity index (χ3n) is 3.97. The second-order valence-electron chi connectivity index (χ2n) is 5.68. The molecule has 0 radical (unpaired) electrons. The van der Waals surface area contributed by atoms with Crippen molar-refractivity contribution < 1.29 is 4.79 Å². The zero-order valence-electron chi connectivity index (χ0n) is 11.6. The number of ketones is 1. The van der Waals surface area contributed by atoms with Gasteiger partial charge < -0.3 is 0 Å². The summed E-state index contributed by atoms with van der Waals surface area (Å²) in [5, 5.41) is 4.29. The average Bonchev–Trinajstić information content (AvgIpc) is 2.54. The third-order valence-corrected chi connectivity index (χ3v) is 3.97. The smallest absolute Gasteiger partial charge is 0.139 e. The average molecular weight is 248 g/mol. The molecule has 3 heteroatoms. The molecule has 0 atom stereocenters. The standard InChI is InChI=1S/C15H24N2O/c1-12-9-14(17(2)16-12)11-15(18)10-13-7-5-3-4-6-8-13/h9,13H,3-8,10-11H2,1-2H3. The van der Waals surface area contributed by atoms with E-state index >= 15 is 0 Å². The molecule has 1 aromatic rings. The Kier molecular flexibility index (Phi) is 4.56. The first-order valence-corrected chi connectivity index (χ1v) is 7.16. The maximum Gasteiger partial charge on any atom is 0.139 e. The number of carbonyl (C=O) groups is 1. The summed E-state index contributed by atoms with van der Waals surface area (Å²) in [4.78, 5) is 12.1. The maximum atomic E-state index is 12.1. The first-order valence-electron chi connectivity index (χ1n) is 7.16. The lowest BCUT2D eigenvalue weighted by Gasteiger charge is -2.12. The van der Waals surface area contributed by atoms with Crippen molar-refractivity contribution in [1.82, 2.24) is 9.78 Å². The minimum Gasteiger partial charge on any atom is -0.299 e. The summed E-state index contributed by atoms with van der Waals surface area (Å²) in [6.07, 6.45) is 9.13. The molecule has 0 amide bonds. The number of Topliss-reactive ketones (excluding diaryl/α,β-unsaturated/α-hetero) is 1. The highest BCUT2D eigenvalue weighted by atomic mass is 16.1. The van der Waals surface area contributed by atoms with E-state index in [-0.39, 0.29) is 0 Å². The van der Waals surface area contributed by atoms with Crippen LogP contribution in [0.15, 0.2) is 6.07 Å². The molecule has 3 nitrogen and oxygen atoms in total. The van der Waals surface area contributed by atoms with Crippen LogP contribution in [0.25, 0.3) is 0 Å². The number of aromatic nitrogens is 2. The zero-order valence-corrected chi connectivity index (χ0v) is 11.6. The molecular weight excluding hydrogens is 224 g/mol. The van der Waals surface area contributed by atoms with Crippen molar-refractivity contribution in [3.8, 4) is 0 Å². The zero-order chi connectivity index (χ0) is 13.0. The summed E-state index contributed by atoms with van der Waals surface area (Å²) in [6, 6.07) is 2.02. The molecule has 0 aromatic carbocycles. The molecule has 1 saturated carbocycles. The molecule has 2 rings (SSSR count). The van der Waals surface area contributed by atoms with Crippen LogP contribution in [-0.2, 0) is 18.3 Å². The van der Waals surface area contributed by atoms with E-state index in [0.717, 1.165) is 17.8 Å². The largest absolute Gasteiger partial charge is 0.299 e. The molecule has 1 fully saturated rings. The Labute approximate surface area is 110 Å². The van der Waals surface area contributed by atoms with Gasteiger partial charge in [0.1, 0.15) is 5.78 Å². The van der Waals surface area contributed by atoms with Crippen molar-refractivity contribution in [3.63, 3.8) is 0 Å². The van der Waals surface area contributed by atoms with Crippen LogP contribution in [0.5, 0.6) is 0 Å². The van der Waals surface area contributed by atoms with Crippen molar-refractivity contribution in [2.24, 2.45) is 13.0 Å². The Morgan fingerprint density at radius 1 is 1.33 bits per heavy atom. The molecule has 18 heavy (non-hydrogen) atoms. The number of rotatable bonds is 4. The lowest BCUT2D eigenvalue weighted by atomic mass is 9.93. The highest BCUT2D eigenvalue weighted by molar-refractivity contribution is 5.80. The molecule has 1 aliphatic rings. The van der Waals surface area contributed by atoms with Crippen LogP contribution in [-0.4, -0.2) is 15.6 Å². The van der Waals surface area contributed by atoms with Crippen LogP contribution in [0.1, 0.15) is 56.3 Å². The molecule has 0 unspecified atom stereocenters. The van der Waals surface area contributed by atoms with Gasteiger partial charge in [-0.05, 0) is 18.9 Å². The lowest BCUT2D eigenvalue weighted by molar-refractivity contribution is -0.119. The SMILES string of the molecule is Cc1cc(CC(=O)CC2CCCCCC2)n(C)n1. The Hall–Kier alpha value is -1.12. The highest BCUT2D eigenvalue weighted by Crippen LogP contribution is 2.26. The molecule has 1 heterocycles. The fourth-order valence-corrected chi connectivity index (χ4v) is 2.99. The molecule has 100 valence electrons. The minimum absolute atomic E-state index is 0.380. The Morgan fingerprint density at radius 2 is 2.00 bits per heavy atom. The van der Waals surface area contributed by atoms with E-state index in [1.165, 1.54) is 38.5 Å². The van der Waals surface area contributed by atoms with Gasteiger partial charge in [0, 0.05) is 25.6 Å². The predicted octanol–water partition coefficient (Wildman–Crippen LogP) is 3.20. The maximum absolute atomic E-state index is 12.1. The molecular formula is C15H24N2O. The van der Waals surface area contributed by atoms with Crippen LogP contribution in [0.4, 0.5) is 0 Å². The van der Waals surface area contributed by atoms with E-state index in [2.05, 4.69) is 5.10 Å². The molecule has 1 aliphatic carbocycles. The molecule has 0 N–H and O–H groups in total. The molecule has 0 bridgehead atoms. The number of hydrogen-bond acceptors (Lipinski definition) is 2. The quantitative estimate of drug-likeness (QED) is 0.767. The van der Waals surface area contributed by atoms with E-state index in [1.54, 1.807) is 0 Å². The number of aryl methyl sites for hydroxylation is 2. The minimum atomic E-state index is 0.380.